The van der Waals surface area contributed by atoms with E-state index in [4.69, 9.17) is 0 Å². The van der Waals surface area contributed by atoms with Gasteiger partial charge in [0.15, 0.2) is 0 Å². The third kappa shape index (κ3) is 4.03. The minimum Gasteiger partial charge on any atom is -0.347 e. The maximum Gasteiger partial charge on any atom is 0.263 e. The minimum absolute atomic E-state index is 0.117. The van der Waals surface area contributed by atoms with Crippen molar-refractivity contribution in [2.24, 2.45) is 4.99 Å². The van der Waals surface area contributed by atoms with Crippen molar-refractivity contribution in [3.05, 3.63) is 65.2 Å². The van der Waals surface area contributed by atoms with Crippen molar-refractivity contribution < 1.29 is 13.2 Å². The number of amides is 1. The highest BCUT2D eigenvalue weighted by Crippen LogP contribution is 2.23. The van der Waals surface area contributed by atoms with Crippen LogP contribution in [0.15, 0.2) is 58.4 Å². The summed E-state index contributed by atoms with van der Waals surface area (Å²) in [5, 5.41) is 3.00. The van der Waals surface area contributed by atoms with Crippen molar-refractivity contribution in [2.75, 3.05) is 0 Å². The molecule has 3 rings (SSSR count). The van der Waals surface area contributed by atoms with Gasteiger partial charge in [-0.1, -0.05) is 48.9 Å². The van der Waals surface area contributed by atoms with Gasteiger partial charge < -0.3 is 5.32 Å². The van der Waals surface area contributed by atoms with Crippen LogP contribution < -0.4 is 10.0 Å². The van der Waals surface area contributed by atoms with Crippen molar-refractivity contribution in [3.63, 3.8) is 0 Å². The van der Waals surface area contributed by atoms with Crippen molar-refractivity contribution in [1.82, 2.24) is 10.0 Å². The number of aryl methyl sites for hydroxylation is 1. The van der Waals surface area contributed by atoms with Gasteiger partial charge in [0.2, 0.25) is 5.91 Å². The number of fused-ring (bicyclic) bond motifs is 1. The summed E-state index contributed by atoms with van der Waals surface area (Å²) in [6.45, 7) is 5.67. The number of sulfonamides is 1. The van der Waals surface area contributed by atoms with E-state index in [0.29, 0.717) is 5.56 Å². The molecule has 0 saturated heterocycles. The fourth-order valence-corrected chi connectivity index (χ4v) is 4.23. The second kappa shape index (κ2) is 7.52. The van der Waals surface area contributed by atoms with Gasteiger partial charge in [-0.05, 0) is 38.0 Å². The zero-order valence-corrected chi connectivity index (χ0v) is 16.4. The molecule has 27 heavy (non-hydrogen) atoms. The highest BCUT2D eigenvalue weighted by molar-refractivity contribution is 7.90. The van der Waals surface area contributed by atoms with Gasteiger partial charge >= 0.3 is 0 Å². The molecule has 0 aliphatic carbocycles. The molecule has 142 valence electrons. The molecule has 0 fully saturated rings. The lowest BCUT2D eigenvalue weighted by Gasteiger charge is -2.19. The first-order valence-corrected chi connectivity index (χ1v) is 10.4. The van der Waals surface area contributed by atoms with Gasteiger partial charge in [-0.25, -0.2) is 8.42 Å². The Morgan fingerprint density at radius 2 is 1.81 bits per heavy atom. The average molecular weight is 385 g/mol. The standard InChI is InChI=1S/C20H23N3O3S/c1-4-17(15-11-9-13(2)10-12-15)22-20(24)14(3)21-19-16-7-5-6-8-18(16)27(25,26)23-19/h5-12,14,17H,4H2,1-3H3,(H,21,23)(H,22,24)/t14-,17+/m1/s1. The molecule has 1 heterocycles. The van der Waals surface area contributed by atoms with Crippen LogP contribution in [0.25, 0.3) is 0 Å². The van der Waals surface area contributed by atoms with Crippen LogP contribution in [-0.4, -0.2) is 26.2 Å². The molecule has 2 aromatic rings. The van der Waals surface area contributed by atoms with Crippen LogP contribution in [0.1, 0.15) is 43.0 Å². The molecule has 2 atom stereocenters. The molecule has 7 heteroatoms. The molecule has 0 saturated carbocycles. The zero-order chi connectivity index (χ0) is 19.6. The molecule has 0 radical (unpaired) electrons. The summed E-state index contributed by atoms with van der Waals surface area (Å²) in [7, 11) is -3.61. The molecule has 1 aliphatic rings. The van der Waals surface area contributed by atoms with Gasteiger partial charge in [0, 0.05) is 5.56 Å². The van der Waals surface area contributed by atoms with Crippen molar-refractivity contribution >= 4 is 21.8 Å². The Morgan fingerprint density at radius 1 is 1.15 bits per heavy atom. The van der Waals surface area contributed by atoms with Crippen LogP contribution in [0.4, 0.5) is 0 Å². The first-order chi connectivity index (χ1) is 12.8. The second-order valence-electron chi connectivity index (χ2n) is 6.64. The second-order valence-corrected chi connectivity index (χ2v) is 8.29. The molecule has 1 aliphatic heterocycles. The van der Waals surface area contributed by atoms with Gasteiger partial charge in [-0.15, -0.1) is 0 Å². The fraction of sp³-hybridized carbons (Fsp3) is 0.300. The number of nitrogens with zero attached hydrogens (tertiary/aromatic N) is 1. The summed E-state index contributed by atoms with van der Waals surface area (Å²) in [6.07, 6.45) is 0.744. The Balaban J connectivity index is 1.78. The summed E-state index contributed by atoms with van der Waals surface area (Å²) in [4.78, 5) is 17.1. The summed E-state index contributed by atoms with van der Waals surface area (Å²) in [5.74, 6) is -0.0462. The number of hydrogen-bond donors (Lipinski definition) is 2. The molecule has 2 aromatic carbocycles. The van der Waals surface area contributed by atoms with Crippen molar-refractivity contribution in [1.29, 1.82) is 0 Å². The fourth-order valence-electron chi connectivity index (χ4n) is 2.99. The molecular formula is C20H23N3O3S. The predicted molar refractivity (Wildman–Crippen MR) is 105 cm³/mol. The van der Waals surface area contributed by atoms with Gasteiger partial charge in [0.1, 0.15) is 11.9 Å². The highest BCUT2D eigenvalue weighted by atomic mass is 32.2. The molecular weight excluding hydrogens is 362 g/mol. The van der Waals surface area contributed by atoms with E-state index >= 15 is 0 Å². The quantitative estimate of drug-likeness (QED) is 0.829. The number of carbonyl (C=O) groups is 1. The smallest absolute Gasteiger partial charge is 0.263 e. The summed E-state index contributed by atoms with van der Waals surface area (Å²) in [6, 6.07) is 13.8. The Labute approximate surface area is 159 Å². The lowest BCUT2D eigenvalue weighted by molar-refractivity contribution is -0.122. The number of carbonyl (C=O) groups excluding carboxylic acids is 1. The van der Waals surface area contributed by atoms with Gasteiger partial charge in [0.25, 0.3) is 10.0 Å². The Kier molecular flexibility index (Phi) is 5.32. The lowest BCUT2D eigenvalue weighted by atomic mass is 10.0. The van der Waals surface area contributed by atoms with E-state index in [1.807, 2.05) is 38.1 Å². The van der Waals surface area contributed by atoms with E-state index < -0.39 is 16.1 Å². The molecule has 1 amide bonds. The summed E-state index contributed by atoms with van der Waals surface area (Å²) >= 11 is 0. The zero-order valence-electron chi connectivity index (χ0n) is 15.6. The van der Waals surface area contributed by atoms with Gasteiger partial charge in [-0.2, -0.15) is 0 Å². The van der Waals surface area contributed by atoms with E-state index in [1.165, 1.54) is 6.07 Å². The molecule has 0 aromatic heterocycles. The lowest BCUT2D eigenvalue weighted by Crippen LogP contribution is -2.36. The number of nitrogens with one attached hydrogen (secondary N) is 2. The number of benzene rings is 2. The van der Waals surface area contributed by atoms with E-state index in [1.54, 1.807) is 25.1 Å². The number of rotatable bonds is 5. The van der Waals surface area contributed by atoms with Gasteiger partial charge in [-0.3, -0.25) is 14.5 Å². The molecule has 6 nitrogen and oxygen atoms in total. The maximum atomic E-state index is 12.6. The van der Waals surface area contributed by atoms with E-state index in [-0.39, 0.29) is 22.7 Å². The normalized spacial score (nSPS) is 18.4. The van der Waals surface area contributed by atoms with E-state index in [0.717, 1.165) is 17.5 Å². The predicted octanol–water partition coefficient (Wildman–Crippen LogP) is 2.69. The third-order valence-corrected chi connectivity index (χ3v) is 5.97. The maximum absolute atomic E-state index is 12.6. The number of hydrogen-bond acceptors (Lipinski definition) is 4. The first-order valence-electron chi connectivity index (χ1n) is 8.88. The molecule has 0 unspecified atom stereocenters. The van der Waals surface area contributed by atoms with Crippen molar-refractivity contribution in [2.45, 2.75) is 44.2 Å². The Bertz CT molecular complexity index is 982. The third-order valence-electron chi connectivity index (χ3n) is 4.57. The first kappa shape index (κ1) is 19.1. The van der Waals surface area contributed by atoms with Gasteiger partial charge in [0.05, 0.1) is 10.9 Å². The summed E-state index contributed by atoms with van der Waals surface area (Å²) in [5.41, 5.74) is 2.68. The van der Waals surface area contributed by atoms with Crippen molar-refractivity contribution in [3.8, 4) is 0 Å². The monoisotopic (exact) mass is 385 g/mol. The average Bonchev–Trinajstić information content (AvgIpc) is 2.91. The minimum atomic E-state index is -3.61. The Hall–Kier alpha value is -2.67. The number of aliphatic imine (C=N–C) groups is 1. The topological polar surface area (TPSA) is 87.6 Å². The van der Waals surface area contributed by atoms with Crippen LogP contribution in [0.2, 0.25) is 0 Å². The van der Waals surface area contributed by atoms with Crippen LogP contribution >= 0.6 is 0 Å². The SMILES string of the molecule is CC[C@H](NC(=O)[C@@H](C)N=C1NS(=O)(=O)c2ccccc21)c1ccc(C)cc1. The van der Waals surface area contributed by atoms with E-state index in [2.05, 4.69) is 15.0 Å². The summed E-state index contributed by atoms with van der Waals surface area (Å²) < 4.78 is 26.7. The Morgan fingerprint density at radius 3 is 2.48 bits per heavy atom. The molecule has 0 spiro atoms. The van der Waals surface area contributed by atoms with Crippen LogP contribution in [0, 0.1) is 6.92 Å². The molecule has 2 N–H and O–H groups in total. The van der Waals surface area contributed by atoms with Crippen LogP contribution in [0.3, 0.4) is 0 Å². The van der Waals surface area contributed by atoms with E-state index in [9.17, 15) is 13.2 Å². The molecule has 0 bridgehead atoms. The highest BCUT2D eigenvalue weighted by Gasteiger charge is 2.31. The number of amidine groups is 1. The van der Waals surface area contributed by atoms with Crippen LogP contribution in [-0.2, 0) is 14.8 Å². The largest absolute Gasteiger partial charge is 0.347 e. The van der Waals surface area contributed by atoms with Crippen LogP contribution in [0.5, 0.6) is 0 Å².